The van der Waals surface area contributed by atoms with Crippen molar-refractivity contribution in [3.05, 3.63) is 54.1 Å². The van der Waals surface area contributed by atoms with E-state index in [-0.39, 0.29) is 25.3 Å². The zero-order chi connectivity index (χ0) is 17.8. The minimum absolute atomic E-state index is 0. The van der Waals surface area contributed by atoms with Crippen LogP contribution in [0, 0.1) is 11.8 Å². The van der Waals surface area contributed by atoms with E-state index in [4.69, 9.17) is 9.47 Å². The van der Waals surface area contributed by atoms with Gasteiger partial charge in [-0.05, 0) is 13.0 Å². The van der Waals surface area contributed by atoms with Crippen LogP contribution in [-0.4, -0.2) is 24.2 Å². The van der Waals surface area contributed by atoms with Crippen LogP contribution in [0.3, 0.4) is 0 Å². The van der Waals surface area contributed by atoms with E-state index in [1.807, 2.05) is 6.07 Å². The Labute approximate surface area is 152 Å². The largest absolute Gasteiger partial charge is 1.00 e. The summed E-state index contributed by atoms with van der Waals surface area (Å²) in [6.45, 7) is 2.91. The smallest absolute Gasteiger partial charge is 0.497 e. The average molecular weight is 350 g/mol. The Morgan fingerprint density at radius 1 is 1.31 bits per heavy atom. The number of para-hydroxylation sites is 1. The molecule has 0 radical (unpaired) electrons. The number of methoxy groups -OCH3 is 1. The number of hydrogen-bond donors (Lipinski definition) is 1. The second-order valence-corrected chi connectivity index (χ2v) is 7.25. The Morgan fingerprint density at radius 2 is 2.15 bits per heavy atom. The number of H-pyrrole nitrogens is 1. The summed E-state index contributed by atoms with van der Waals surface area (Å²) in [6.07, 6.45) is 4.64. The third kappa shape index (κ3) is 2.09. The van der Waals surface area contributed by atoms with Crippen molar-refractivity contribution in [2.75, 3.05) is 7.11 Å². The van der Waals surface area contributed by atoms with Gasteiger partial charge in [-0.15, -0.1) is 0 Å². The van der Waals surface area contributed by atoms with Crippen molar-refractivity contribution >= 4 is 27.8 Å². The Morgan fingerprint density at radius 3 is 3.00 bits per heavy atom. The summed E-state index contributed by atoms with van der Waals surface area (Å²) >= 11 is 0. The van der Waals surface area contributed by atoms with Crippen LogP contribution in [0.2, 0.25) is 0 Å². The molecule has 2 aliphatic heterocycles. The van der Waals surface area contributed by atoms with Gasteiger partial charge in [0.25, 0.3) is 0 Å². The van der Waals surface area contributed by atoms with Crippen LogP contribution in [0.15, 0.2) is 48.4 Å². The van der Waals surface area contributed by atoms with E-state index < -0.39 is 0 Å². The number of esters is 1. The van der Waals surface area contributed by atoms with Crippen LogP contribution in [0.5, 0.6) is 0 Å². The molecule has 4 heterocycles. The number of hydrogen-bond acceptors (Lipinski definition) is 3. The van der Waals surface area contributed by atoms with E-state index in [1.165, 1.54) is 23.6 Å². The molecule has 5 nitrogen and oxygen atoms in total. The quantitative estimate of drug-likeness (QED) is 0.542. The summed E-state index contributed by atoms with van der Waals surface area (Å²) in [7, 11) is 1.43. The van der Waals surface area contributed by atoms with Crippen molar-refractivity contribution in [2.45, 2.75) is 26.0 Å². The molecule has 0 aliphatic carbocycles. The van der Waals surface area contributed by atoms with Crippen LogP contribution < -0.4 is 4.57 Å². The van der Waals surface area contributed by atoms with Crippen LogP contribution >= 0.6 is 0 Å². The van der Waals surface area contributed by atoms with Gasteiger partial charge >= 0.3 is 7.40 Å². The molecule has 0 spiro atoms. The molecule has 0 amide bonds. The number of fused-ring (bicyclic) bond motifs is 6. The van der Waals surface area contributed by atoms with Crippen LogP contribution in [0.25, 0.3) is 21.8 Å². The summed E-state index contributed by atoms with van der Waals surface area (Å²) in [4.78, 5) is 15.8. The maximum atomic E-state index is 12.3. The van der Waals surface area contributed by atoms with E-state index in [1.54, 1.807) is 6.26 Å². The number of aromatic amines is 1. The van der Waals surface area contributed by atoms with Gasteiger partial charge in [-0.3, -0.25) is 0 Å². The van der Waals surface area contributed by atoms with E-state index >= 15 is 0 Å². The highest BCUT2D eigenvalue weighted by molar-refractivity contribution is 6.07. The summed E-state index contributed by atoms with van der Waals surface area (Å²) < 4.78 is 13.0. The number of rotatable bonds is 1. The molecule has 2 aliphatic rings. The summed E-state index contributed by atoms with van der Waals surface area (Å²) in [5.41, 5.74) is 4.19. The van der Waals surface area contributed by atoms with Crippen LogP contribution in [0.4, 0.5) is 0 Å². The van der Waals surface area contributed by atoms with E-state index in [0.717, 1.165) is 24.0 Å². The zero-order valence-corrected chi connectivity index (χ0v) is 14.9. The SMILES string of the molecule is COC(=O)C1=CO[C@@H](C)[C@H]2C[n+]3ccc4c([nH]c5ccccc54)c3C[C@H]12.[H+]. The molecular weight excluding hydrogens is 328 g/mol. The van der Waals surface area contributed by atoms with Gasteiger partial charge in [0.1, 0.15) is 11.6 Å². The molecule has 26 heavy (non-hydrogen) atoms. The Balaban J connectivity index is 0.00000180. The summed E-state index contributed by atoms with van der Waals surface area (Å²) in [5, 5.41) is 2.46. The number of nitrogens with zero attached hydrogens (tertiary/aromatic N) is 1. The van der Waals surface area contributed by atoms with Gasteiger partial charge < -0.3 is 14.5 Å². The lowest BCUT2D eigenvalue weighted by atomic mass is 9.76. The van der Waals surface area contributed by atoms with Gasteiger partial charge in [0.05, 0.1) is 24.9 Å². The van der Waals surface area contributed by atoms with Crippen LogP contribution in [0.1, 0.15) is 14.0 Å². The second kappa shape index (κ2) is 5.59. The molecule has 2 aromatic heterocycles. The van der Waals surface area contributed by atoms with Crippen molar-refractivity contribution < 1.29 is 20.3 Å². The number of benzene rings is 1. The maximum Gasteiger partial charge on any atom is 1.00 e. The fourth-order valence-electron chi connectivity index (χ4n) is 4.57. The van der Waals surface area contributed by atoms with Gasteiger partial charge in [-0.1, -0.05) is 18.2 Å². The molecule has 0 saturated carbocycles. The molecule has 132 valence electrons. The first kappa shape index (κ1) is 15.4. The topological polar surface area (TPSA) is 55.2 Å². The van der Waals surface area contributed by atoms with Crippen molar-refractivity contribution in [3.63, 3.8) is 0 Å². The first-order chi connectivity index (χ1) is 12.7. The fraction of sp³-hybridized carbons (Fsp3) is 0.333. The number of carbonyl (C=O) groups excluding carboxylic acids is 1. The lowest BCUT2D eigenvalue weighted by molar-refractivity contribution is -0.717. The first-order valence-electron chi connectivity index (χ1n) is 9.03. The van der Waals surface area contributed by atoms with Crippen molar-refractivity contribution in [1.82, 2.24) is 4.98 Å². The monoisotopic (exact) mass is 350 g/mol. The molecular formula is C21H22N2O3+2. The predicted octanol–water partition coefficient (Wildman–Crippen LogP) is 2.99. The number of carbonyl (C=O) groups is 1. The lowest BCUT2D eigenvalue weighted by Crippen LogP contribution is -2.53. The fourth-order valence-corrected chi connectivity index (χ4v) is 4.57. The van der Waals surface area contributed by atoms with Gasteiger partial charge in [0, 0.05) is 34.7 Å². The summed E-state index contributed by atoms with van der Waals surface area (Å²) in [5.74, 6) is 0.0841. The van der Waals surface area contributed by atoms with Gasteiger partial charge in [0.15, 0.2) is 12.7 Å². The Hall–Kier alpha value is -2.82. The third-order valence-electron chi connectivity index (χ3n) is 5.97. The van der Waals surface area contributed by atoms with Crippen molar-refractivity contribution in [1.29, 1.82) is 0 Å². The molecule has 5 rings (SSSR count). The molecule has 0 saturated heterocycles. The first-order valence-corrected chi connectivity index (χ1v) is 9.03. The standard InChI is InChI=1S/C21H20N2O3/c1-12-16-10-23-8-7-14-13-5-3-4-6-18(13)22-20(14)19(23)9-15(16)17(11-26-12)21(24)25-2/h3-8,11-12,15-16H,9-10H2,1-2H3/p+2/t12-,15-,16+/m0/s1. The second-order valence-electron chi connectivity index (χ2n) is 7.25. The Bertz CT molecular complexity index is 1070. The highest BCUT2D eigenvalue weighted by Gasteiger charge is 2.45. The number of ether oxygens (including phenoxy) is 2. The predicted molar refractivity (Wildman–Crippen MR) is 98.4 cm³/mol. The van der Waals surface area contributed by atoms with E-state index in [9.17, 15) is 4.79 Å². The number of nitrogens with one attached hydrogen (secondary N) is 1. The third-order valence-corrected chi connectivity index (χ3v) is 5.97. The molecule has 1 N–H and O–H groups in total. The maximum absolute atomic E-state index is 12.3. The van der Waals surface area contributed by atoms with Gasteiger partial charge in [-0.2, -0.15) is 0 Å². The van der Waals surface area contributed by atoms with E-state index in [0.29, 0.717) is 5.57 Å². The number of aromatic nitrogens is 2. The van der Waals surface area contributed by atoms with Gasteiger partial charge in [0.2, 0.25) is 5.69 Å². The highest BCUT2D eigenvalue weighted by Crippen LogP contribution is 2.38. The van der Waals surface area contributed by atoms with Crippen molar-refractivity contribution in [2.24, 2.45) is 11.8 Å². The molecule has 0 fully saturated rings. The molecule has 0 unspecified atom stereocenters. The normalized spacial score (nSPS) is 24.5. The van der Waals surface area contributed by atoms with Crippen LogP contribution in [-0.2, 0) is 27.2 Å². The van der Waals surface area contributed by atoms with E-state index in [2.05, 4.69) is 46.9 Å². The molecule has 3 aromatic rings. The Kier molecular flexibility index (Phi) is 3.32. The highest BCUT2D eigenvalue weighted by atomic mass is 16.5. The van der Waals surface area contributed by atoms with Gasteiger partial charge in [-0.25, -0.2) is 9.36 Å². The molecule has 3 atom stereocenters. The minimum Gasteiger partial charge on any atom is -0.497 e. The molecule has 1 aromatic carbocycles. The molecule has 5 heteroatoms. The summed E-state index contributed by atoms with van der Waals surface area (Å²) in [6, 6.07) is 10.5. The lowest BCUT2D eigenvalue weighted by Gasteiger charge is -2.36. The number of pyridine rings is 1. The molecule has 0 bridgehead atoms. The minimum atomic E-state index is -0.288. The van der Waals surface area contributed by atoms with Crippen molar-refractivity contribution in [3.8, 4) is 0 Å². The zero-order valence-electron chi connectivity index (χ0n) is 15.9. The average Bonchev–Trinajstić information content (AvgIpc) is 3.06.